The molecule has 1 aliphatic rings. The molecular formula is C20H26N6O7S. The number of carbonyl (C=O) groups excluding carboxylic acids is 2. The lowest BCUT2D eigenvalue weighted by Gasteiger charge is -2.13. The first-order valence-corrected chi connectivity index (χ1v) is 11.7. The molecule has 0 aliphatic carbocycles. The van der Waals surface area contributed by atoms with Crippen LogP contribution in [0.5, 0.6) is 0 Å². The summed E-state index contributed by atoms with van der Waals surface area (Å²) in [6.07, 6.45) is 0.0747. The third-order valence-corrected chi connectivity index (χ3v) is 6.61. The fourth-order valence-electron chi connectivity index (χ4n) is 3.39. The minimum Gasteiger partial charge on any atom is -0.384 e. The number of hydrogen-bond donors (Lipinski definition) is 5. The zero-order valence-corrected chi connectivity index (χ0v) is 19.3. The Kier molecular flexibility index (Phi) is 7.66. The van der Waals surface area contributed by atoms with E-state index in [0.717, 1.165) is 5.56 Å². The van der Waals surface area contributed by atoms with E-state index in [1.165, 1.54) is 13.8 Å². The number of nitrogen functional groups attached to an aromatic ring is 1. The summed E-state index contributed by atoms with van der Waals surface area (Å²) in [4.78, 5) is 29.5. The van der Waals surface area contributed by atoms with Gasteiger partial charge in [-0.1, -0.05) is 29.4 Å². The summed E-state index contributed by atoms with van der Waals surface area (Å²) in [6, 6.07) is 5.54. The highest BCUT2D eigenvalue weighted by molar-refractivity contribution is 7.87. The van der Waals surface area contributed by atoms with Crippen molar-refractivity contribution >= 4 is 27.8 Å². The van der Waals surface area contributed by atoms with E-state index in [1.807, 2.05) is 12.1 Å². The molecule has 1 amide bonds. The second kappa shape index (κ2) is 10.3. The van der Waals surface area contributed by atoms with Crippen LogP contribution in [0.4, 0.5) is 0 Å². The molecule has 3 rings (SSSR count). The summed E-state index contributed by atoms with van der Waals surface area (Å²) in [7, 11) is -4.47. The molecule has 3 atom stereocenters. The average molecular weight is 495 g/mol. The van der Waals surface area contributed by atoms with Gasteiger partial charge in [0, 0.05) is 12.1 Å². The van der Waals surface area contributed by atoms with Crippen molar-refractivity contribution in [1.29, 1.82) is 5.41 Å². The predicted molar refractivity (Wildman–Crippen MR) is 118 cm³/mol. The Morgan fingerprint density at radius 3 is 2.59 bits per heavy atom. The smallest absolute Gasteiger partial charge is 0.347 e. The normalized spacial score (nSPS) is 18.9. The number of rotatable bonds is 9. The van der Waals surface area contributed by atoms with Crippen LogP contribution in [-0.4, -0.2) is 50.0 Å². The van der Waals surface area contributed by atoms with Gasteiger partial charge in [-0.05, 0) is 25.8 Å². The number of hydroxylamine groups is 1. The van der Waals surface area contributed by atoms with Gasteiger partial charge < -0.3 is 25.5 Å². The van der Waals surface area contributed by atoms with Crippen LogP contribution in [0.2, 0.25) is 0 Å². The highest BCUT2D eigenvalue weighted by Gasteiger charge is 2.32. The van der Waals surface area contributed by atoms with Gasteiger partial charge in [-0.25, -0.2) is 4.79 Å². The maximum Gasteiger partial charge on any atom is 0.347 e. The summed E-state index contributed by atoms with van der Waals surface area (Å²) in [6.45, 7) is 2.43. The number of nitrogens with zero attached hydrogens (tertiary/aromatic N) is 1. The van der Waals surface area contributed by atoms with Crippen LogP contribution >= 0.6 is 0 Å². The predicted octanol–water partition coefficient (Wildman–Crippen LogP) is -0.324. The second-order valence-electron chi connectivity index (χ2n) is 7.81. The molecule has 1 aliphatic heterocycles. The number of hydrogen-bond acceptors (Lipinski definition) is 11. The fraction of sp³-hybridized carbons (Fsp3) is 0.400. The fourth-order valence-corrected chi connectivity index (χ4v) is 4.60. The first-order valence-electron chi connectivity index (χ1n) is 10.3. The monoisotopic (exact) mass is 494 g/mol. The molecular weight excluding hydrogens is 468 g/mol. The number of aryl methyl sites for hydroxylation is 2. The third kappa shape index (κ3) is 5.96. The Bertz CT molecular complexity index is 1160. The van der Waals surface area contributed by atoms with E-state index >= 15 is 0 Å². The molecule has 34 heavy (non-hydrogen) atoms. The zero-order valence-electron chi connectivity index (χ0n) is 18.5. The van der Waals surface area contributed by atoms with Crippen LogP contribution in [0.25, 0.3) is 0 Å². The van der Waals surface area contributed by atoms with Gasteiger partial charge in [0.15, 0.2) is 10.7 Å². The van der Waals surface area contributed by atoms with E-state index in [4.69, 9.17) is 26.2 Å². The standard InChI is InChI=1S/C20H26N6O7S/c1-10-18(11(2)31-25-10)34(29,30)33-20(28)15(21)9-24-17(27)8-14-7-16(26-32-14)12-3-5-13(6-4-12)19(22)23/h3-6,14-16,26H,7-9,21H2,1-2H3,(H3,22,23)(H,24,27)/t14-,15?,16-/m0/s1. The van der Waals surface area contributed by atoms with E-state index in [9.17, 15) is 18.0 Å². The van der Waals surface area contributed by atoms with Gasteiger partial charge in [-0.2, -0.15) is 13.9 Å². The number of nitrogens with one attached hydrogen (secondary N) is 3. The molecule has 14 heteroatoms. The van der Waals surface area contributed by atoms with Crippen LogP contribution < -0.4 is 22.3 Å². The third-order valence-electron chi connectivity index (χ3n) is 5.14. The van der Waals surface area contributed by atoms with E-state index in [1.54, 1.807) is 12.1 Å². The van der Waals surface area contributed by atoms with Crippen molar-refractivity contribution in [2.24, 2.45) is 11.5 Å². The number of nitrogens with two attached hydrogens (primary N) is 2. The molecule has 13 nitrogen and oxygen atoms in total. The van der Waals surface area contributed by atoms with Crippen molar-refractivity contribution in [2.45, 2.75) is 49.8 Å². The molecule has 184 valence electrons. The molecule has 1 aromatic heterocycles. The lowest BCUT2D eigenvalue weighted by atomic mass is 9.99. The first-order chi connectivity index (χ1) is 16.0. The van der Waals surface area contributed by atoms with Crippen molar-refractivity contribution in [2.75, 3.05) is 6.54 Å². The molecule has 1 unspecified atom stereocenters. The molecule has 2 heterocycles. The van der Waals surface area contributed by atoms with Crippen molar-refractivity contribution in [3.05, 3.63) is 46.8 Å². The molecule has 0 bridgehead atoms. The van der Waals surface area contributed by atoms with Crippen LogP contribution in [0, 0.1) is 19.3 Å². The summed E-state index contributed by atoms with van der Waals surface area (Å²) >= 11 is 0. The molecule has 0 saturated carbocycles. The molecule has 7 N–H and O–H groups in total. The lowest BCUT2D eigenvalue weighted by molar-refractivity contribution is -0.135. The molecule has 0 radical (unpaired) electrons. The van der Waals surface area contributed by atoms with E-state index in [0.29, 0.717) is 12.0 Å². The van der Waals surface area contributed by atoms with Gasteiger partial charge in [0.25, 0.3) is 0 Å². The molecule has 1 aromatic carbocycles. The maximum absolute atomic E-state index is 12.3. The zero-order chi connectivity index (χ0) is 25.0. The van der Waals surface area contributed by atoms with Gasteiger partial charge in [-0.3, -0.25) is 15.0 Å². The largest absolute Gasteiger partial charge is 0.384 e. The van der Waals surface area contributed by atoms with E-state index in [-0.39, 0.29) is 41.2 Å². The summed E-state index contributed by atoms with van der Waals surface area (Å²) in [5, 5.41) is 13.4. The van der Waals surface area contributed by atoms with Crippen LogP contribution in [0.3, 0.4) is 0 Å². The van der Waals surface area contributed by atoms with Gasteiger partial charge in [0.2, 0.25) is 5.91 Å². The second-order valence-corrected chi connectivity index (χ2v) is 9.29. The summed E-state index contributed by atoms with van der Waals surface area (Å²) < 4.78 is 33.9. The highest BCUT2D eigenvalue weighted by Crippen LogP contribution is 2.27. The van der Waals surface area contributed by atoms with Crippen molar-refractivity contribution in [1.82, 2.24) is 16.0 Å². The van der Waals surface area contributed by atoms with Crippen LogP contribution in [-0.2, 0) is 28.7 Å². The van der Waals surface area contributed by atoms with Gasteiger partial charge >= 0.3 is 16.1 Å². The van der Waals surface area contributed by atoms with Gasteiger partial charge in [0.05, 0.1) is 18.6 Å². The number of amides is 1. The van der Waals surface area contributed by atoms with Crippen molar-refractivity contribution < 1.29 is 31.6 Å². The number of benzene rings is 1. The Morgan fingerprint density at radius 2 is 2.00 bits per heavy atom. The van der Waals surface area contributed by atoms with Crippen molar-refractivity contribution in [3.8, 4) is 0 Å². The Labute approximate surface area is 195 Å². The Balaban J connectivity index is 1.45. The maximum atomic E-state index is 12.3. The Hall–Kier alpha value is -3.33. The number of aromatic nitrogens is 1. The van der Waals surface area contributed by atoms with Gasteiger partial charge in [0.1, 0.15) is 17.6 Å². The highest BCUT2D eigenvalue weighted by atomic mass is 32.2. The van der Waals surface area contributed by atoms with Gasteiger partial charge in [-0.15, -0.1) is 0 Å². The minimum atomic E-state index is -4.47. The molecule has 1 fully saturated rings. The minimum absolute atomic E-state index is 0.00578. The first kappa shape index (κ1) is 25.3. The molecule has 1 saturated heterocycles. The molecule has 0 spiro atoms. The van der Waals surface area contributed by atoms with E-state index in [2.05, 4.69) is 20.1 Å². The van der Waals surface area contributed by atoms with Crippen LogP contribution in [0.1, 0.15) is 41.5 Å². The van der Waals surface area contributed by atoms with E-state index < -0.39 is 34.1 Å². The number of amidine groups is 1. The lowest BCUT2D eigenvalue weighted by Crippen LogP contribution is -2.44. The SMILES string of the molecule is Cc1noc(C)c1S(=O)(=O)OC(=O)C(N)CNC(=O)C[C@@H]1C[C@@H](c2ccc(C(=N)N)cc2)NO1. The average Bonchev–Trinajstić information content (AvgIpc) is 3.37. The summed E-state index contributed by atoms with van der Waals surface area (Å²) in [5.41, 5.74) is 15.6. The van der Waals surface area contributed by atoms with Crippen LogP contribution in [0.15, 0.2) is 33.7 Å². The van der Waals surface area contributed by atoms with Crippen molar-refractivity contribution in [3.63, 3.8) is 0 Å². The quantitative estimate of drug-likeness (QED) is 0.173. The molecule has 2 aromatic rings. The summed E-state index contributed by atoms with van der Waals surface area (Å²) in [5.74, 6) is -1.71. The number of carbonyl (C=O) groups is 2. The topological polar surface area (TPSA) is 213 Å². The Morgan fingerprint density at radius 1 is 1.32 bits per heavy atom.